The van der Waals surface area contributed by atoms with Gasteiger partial charge in [0.05, 0.1) is 6.17 Å². The van der Waals surface area contributed by atoms with Crippen molar-refractivity contribution in [1.82, 2.24) is 0 Å². The first-order valence-electron chi connectivity index (χ1n) is 6.59. The normalized spacial score (nSPS) is 10.2. The second-order valence-corrected chi connectivity index (χ2v) is 4.51. The van der Waals surface area contributed by atoms with Gasteiger partial charge in [0.15, 0.2) is 0 Å². The van der Waals surface area contributed by atoms with Crippen LogP contribution < -0.4 is 10.6 Å². The minimum Gasteiger partial charge on any atom is -0.481 e. The second-order valence-electron chi connectivity index (χ2n) is 4.51. The summed E-state index contributed by atoms with van der Waals surface area (Å²) >= 11 is 0. The summed E-state index contributed by atoms with van der Waals surface area (Å²) in [7, 11) is 0. The summed E-state index contributed by atoms with van der Waals surface area (Å²) in [6.45, 7) is 0. The Balaban J connectivity index is 2.02. The van der Waals surface area contributed by atoms with Crippen molar-refractivity contribution in [2.75, 3.05) is 10.6 Å². The third-order valence-electron chi connectivity index (χ3n) is 2.88. The molecule has 0 saturated heterocycles. The van der Waals surface area contributed by atoms with Crippen molar-refractivity contribution in [3.8, 4) is 0 Å². The Morgan fingerprint density at radius 1 is 0.900 bits per heavy atom. The average Bonchev–Trinajstić information content (AvgIpc) is 2.47. The van der Waals surface area contributed by atoms with Crippen LogP contribution in [-0.4, -0.2) is 17.2 Å². The molecule has 104 valence electrons. The molecule has 0 spiro atoms. The molecule has 0 aliphatic rings. The smallest absolute Gasteiger partial charge is 0.303 e. The molecular formula is C16H18N2O2. The Bertz CT molecular complexity index is 487. The lowest BCUT2D eigenvalue weighted by atomic mass is 10.2. The van der Waals surface area contributed by atoms with Gasteiger partial charge in [-0.15, -0.1) is 0 Å². The Morgan fingerprint density at radius 3 is 1.75 bits per heavy atom. The molecule has 3 N–H and O–H groups in total. The highest BCUT2D eigenvalue weighted by molar-refractivity contribution is 5.67. The van der Waals surface area contributed by atoms with E-state index in [1.54, 1.807) is 0 Å². The summed E-state index contributed by atoms with van der Waals surface area (Å²) in [5, 5.41) is 15.5. The van der Waals surface area contributed by atoms with Gasteiger partial charge in [-0.1, -0.05) is 36.4 Å². The van der Waals surface area contributed by atoms with E-state index in [1.165, 1.54) is 0 Å². The van der Waals surface area contributed by atoms with Gasteiger partial charge in [0.2, 0.25) is 0 Å². The number of carbonyl (C=O) groups is 1. The quantitative estimate of drug-likeness (QED) is 0.675. The Morgan fingerprint density at radius 2 is 1.35 bits per heavy atom. The van der Waals surface area contributed by atoms with Crippen molar-refractivity contribution in [2.24, 2.45) is 0 Å². The van der Waals surface area contributed by atoms with Gasteiger partial charge in [-0.25, -0.2) is 0 Å². The molecule has 0 atom stereocenters. The van der Waals surface area contributed by atoms with Crippen molar-refractivity contribution in [2.45, 2.75) is 19.0 Å². The second kappa shape index (κ2) is 7.19. The summed E-state index contributed by atoms with van der Waals surface area (Å²) in [4.78, 5) is 10.8. The van der Waals surface area contributed by atoms with Gasteiger partial charge < -0.3 is 15.7 Å². The van der Waals surface area contributed by atoms with E-state index in [4.69, 9.17) is 5.11 Å². The first-order valence-corrected chi connectivity index (χ1v) is 6.59. The summed E-state index contributed by atoms with van der Waals surface area (Å²) in [6, 6.07) is 19.5. The fourth-order valence-corrected chi connectivity index (χ4v) is 1.92. The first kappa shape index (κ1) is 13.9. The van der Waals surface area contributed by atoms with Crippen molar-refractivity contribution in [3.63, 3.8) is 0 Å². The van der Waals surface area contributed by atoms with Crippen molar-refractivity contribution >= 4 is 17.3 Å². The van der Waals surface area contributed by atoms with Gasteiger partial charge in [0.1, 0.15) is 0 Å². The zero-order valence-corrected chi connectivity index (χ0v) is 11.1. The third kappa shape index (κ3) is 4.65. The van der Waals surface area contributed by atoms with E-state index in [9.17, 15) is 4.79 Å². The monoisotopic (exact) mass is 270 g/mol. The molecule has 0 radical (unpaired) electrons. The maximum absolute atomic E-state index is 10.8. The maximum atomic E-state index is 10.8. The maximum Gasteiger partial charge on any atom is 0.303 e. The number of aliphatic carboxylic acids is 1. The molecule has 0 fully saturated rings. The molecule has 2 aromatic rings. The van der Waals surface area contributed by atoms with E-state index in [-0.39, 0.29) is 12.6 Å². The molecule has 20 heavy (non-hydrogen) atoms. The van der Waals surface area contributed by atoms with Crippen LogP contribution in [0.4, 0.5) is 11.4 Å². The first-order chi connectivity index (χ1) is 9.74. The van der Waals surface area contributed by atoms with E-state index in [2.05, 4.69) is 10.6 Å². The van der Waals surface area contributed by atoms with Crippen LogP contribution in [0.3, 0.4) is 0 Å². The Kier molecular flexibility index (Phi) is 5.00. The number of hydrogen-bond donors (Lipinski definition) is 3. The average molecular weight is 270 g/mol. The van der Waals surface area contributed by atoms with Gasteiger partial charge in [0.25, 0.3) is 0 Å². The highest BCUT2D eigenvalue weighted by atomic mass is 16.4. The predicted molar refractivity (Wildman–Crippen MR) is 80.8 cm³/mol. The molecule has 0 bridgehead atoms. The van der Waals surface area contributed by atoms with E-state index < -0.39 is 5.97 Å². The topological polar surface area (TPSA) is 61.4 Å². The van der Waals surface area contributed by atoms with Gasteiger partial charge in [0, 0.05) is 17.8 Å². The molecular weight excluding hydrogens is 252 g/mol. The lowest BCUT2D eigenvalue weighted by molar-refractivity contribution is -0.137. The molecule has 2 rings (SSSR count). The van der Waals surface area contributed by atoms with E-state index in [0.717, 1.165) is 11.4 Å². The van der Waals surface area contributed by atoms with Crippen LogP contribution in [0.25, 0.3) is 0 Å². The molecule has 4 nitrogen and oxygen atoms in total. The lowest BCUT2D eigenvalue weighted by Crippen LogP contribution is -2.29. The molecule has 0 amide bonds. The van der Waals surface area contributed by atoms with Crippen LogP contribution in [0.15, 0.2) is 60.7 Å². The number of nitrogens with one attached hydrogen (secondary N) is 2. The summed E-state index contributed by atoms with van der Waals surface area (Å²) in [5.41, 5.74) is 1.93. The molecule has 0 heterocycles. The minimum atomic E-state index is -0.792. The van der Waals surface area contributed by atoms with Crippen molar-refractivity contribution < 1.29 is 9.90 Å². The molecule has 0 aliphatic carbocycles. The lowest BCUT2D eigenvalue weighted by Gasteiger charge is -2.22. The van der Waals surface area contributed by atoms with Crippen LogP contribution in [-0.2, 0) is 4.79 Å². The van der Waals surface area contributed by atoms with Gasteiger partial charge in [-0.3, -0.25) is 4.79 Å². The molecule has 4 heteroatoms. The summed E-state index contributed by atoms with van der Waals surface area (Å²) in [5.74, 6) is -0.792. The highest BCUT2D eigenvalue weighted by Gasteiger charge is 2.10. The molecule has 0 aromatic heterocycles. The van der Waals surface area contributed by atoms with Gasteiger partial charge >= 0.3 is 5.97 Å². The summed E-state index contributed by atoms with van der Waals surface area (Å²) < 4.78 is 0. The zero-order chi connectivity index (χ0) is 14.2. The summed E-state index contributed by atoms with van der Waals surface area (Å²) in [6.07, 6.45) is 0.486. The number of carboxylic acids is 1. The Hall–Kier alpha value is -2.49. The number of benzene rings is 2. The van der Waals surface area contributed by atoms with Crippen LogP contribution in [0.5, 0.6) is 0 Å². The van der Waals surface area contributed by atoms with Crippen LogP contribution in [0.1, 0.15) is 12.8 Å². The number of hydrogen-bond acceptors (Lipinski definition) is 3. The molecule has 0 aliphatic heterocycles. The van der Waals surface area contributed by atoms with Crippen molar-refractivity contribution in [3.05, 3.63) is 60.7 Å². The minimum absolute atomic E-state index is 0.115. The van der Waals surface area contributed by atoms with Crippen LogP contribution >= 0.6 is 0 Å². The van der Waals surface area contributed by atoms with E-state index in [0.29, 0.717) is 6.42 Å². The number of anilines is 2. The number of para-hydroxylation sites is 2. The molecule has 0 saturated carbocycles. The fraction of sp³-hybridized carbons (Fsp3) is 0.188. The fourth-order valence-electron chi connectivity index (χ4n) is 1.92. The number of rotatable bonds is 7. The Labute approximate surface area is 118 Å². The van der Waals surface area contributed by atoms with Crippen LogP contribution in [0, 0.1) is 0 Å². The largest absolute Gasteiger partial charge is 0.481 e. The molecule has 0 unspecified atom stereocenters. The SMILES string of the molecule is O=C(O)CCC(Nc1ccccc1)Nc1ccccc1. The van der Waals surface area contributed by atoms with E-state index in [1.807, 2.05) is 60.7 Å². The predicted octanol–water partition coefficient (Wildman–Crippen LogP) is 3.40. The standard InChI is InChI=1S/C16H18N2O2/c19-16(20)12-11-15(17-13-7-3-1-4-8-13)18-14-9-5-2-6-10-14/h1-10,15,17-18H,11-12H2,(H,19,20). The molecule has 2 aromatic carbocycles. The highest BCUT2D eigenvalue weighted by Crippen LogP contribution is 2.14. The van der Waals surface area contributed by atoms with Gasteiger partial charge in [-0.2, -0.15) is 0 Å². The van der Waals surface area contributed by atoms with Gasteiger partial charge in [-0.05, 0) is 30.7 Å². The number of carboxylic acid groups (broad SMARTS) is 1. The third-order valence-corrected chi connectivity index (χ3v) is 2.88. The van der Waals surface area contributed by atoms with Crippen molar-refractivity contribution in [1.29, 1.82) is 0 Å². The van der Waals surface area contributed by atoms with Crippen LogP contribution in [0.2, 0.25) is 0 Å². The van der Waals surface area contributed by atoms with E-state index >= 15 is 0 Å². The zero-order valence-electron chi connectivity index (χ0n) is 11.1.